The molecule has 0 spiro atoms. The summed E-state index contributed by atoms with van der Waals surface area (Å²) < 4.78 is 5.21. The number of hydrogen-bond donors (Lipinski definition) is 0. The van der Waals surface area contributed by atoms with Gasteiger partial charge in [0.25, 0.3) is 0 Å². The maximum atomic E-state index is 6.00. The van der Waals surface area contributed by atoms with Gasteiger partial charge in [-0.3, -0.25) is 0 Å². The van der Waals surface area contributed by atoms with Crippen LogP contribution in [0.25, 0.3) is 0 Å². The van der Waals surface area contributed by atoms with Gasteiger partial charge < -0.3 is 4.74 Å². The fourth-order valence-corrected chi connectivity index (χ4v) is 2.06. The van der Waals surface area contributed by atoms with E-state index in [1.165, 1.54) is 5.56 Å². The summed E-state index contributed by atoms with van der Waals surface area (Å²) in [5, 5.41) is 0. The number of benzene rings is 1. The molecule has 0 radical (unpaired) electrons. The van der Waals surface area contributed by atoms with Crippen LogP contribution in [0.5, 0.6) is 5.75 Å². The maximum Gasteiger partial charge on any atom is 0.119 e. The lowest BCUT2D eigenvalue weighted by Gasteiger charge is -2.17. The normalized spacial score (nSPS) is 12.9. The highest BCUT2D eigenvalue weighted by Crippen LogP contribution is 2.27. The minimum Gasteiger partial charge on any atom is -0.497 e. The second kappa shape index (κ2) is 6.02. The summed E-state index contributed by atoms with van der Waals surface area (Å²) in [6.45, 7) is 4.44. The van der Waals surface area contributed by atoms with E-state index in [-0.39, 0.29) is 0 Å². The fourth-order valence-electron chi connectivity index (χ4n) is 1.75. The zero-order valence-electron chi connectivity index (χ0n) is 9.66. The zero-order chi connectivity index (χ0) is 11.3. The molecule has 1 rings (SSSR count). The molecule has 0 aliphatic rings. The van der Waals surface area contributed by atoms with E-state index < -0.39 is 0 Å². The fraction of sp³-hybridized carbons (Fsp3) is 0.538. The molecule has 0 amide bonds. The van der Waals surface area contributed by atoms with Crippen LogP contribution < -0.4 is 4.74 Å². The Bertz CT molecular complexity index is 296. The second-order valence-corrected chi connectivity index (χ2v) is 4.57. The van der Waals surface area contributed by atoms with Crippen LogP contribution in [0, 0.1) is 5.92 Å². The van der Waals surface area contributed by atoms with E-state index in [9.17, 15) is 0 Å². The summed E-state index contributed by atoms with van der Waals surface area (Å²) >= 11 is 6.00. The molecule has 1 nitrogen and oxygen atoms in total. The third-order valence-electron chi connectivity index (χ3n) is 2.51. The van der Waals surface area contributed by atoms with Crippen LogP contribution in [0.1, 0.15) is 31.7 Å². The van der Waals surface area contributed by atoms with Gasteiger partial charge in [-0.2, -0.15) is 0 Å². The number of rotatable bonds is 5. The molecule has 0 saturated heterocycles. The van der Waals surface area contributed by atoms with Crippen molar-refractivity contribution < 1.29 is 4.74 Å². The molecule has 15 heavy (non-hydrogen) atoms. The third kappa shape index (κ3) is 3.75. The van der Waals surface area contributed by atoms with Crippen LogP contribution in [0.4, 0.5) is 0 Å². The van der Waals surface area contributed by atoms with Crippen LogP contribution in [-0.2, 0) is 0 Å². The van der Waals surface area contributed by atoms with Crippen molar-refractivity contribution in [2.45, 2.75) is 26.2 Å². The quantitative estimate of drug-likeness (QED) is 0.688. The van der Waals surface area contributed by atoms with Crippen molar-refractivity contribution in [1.29, 1.82) is 0 Å². The van der Waals surface area contributed by atoms with E-state index in [1.807, 2.05) is 12.1 Å². The van der Waals surface area contributed by atoms with E-state index in [0.29, 0.717) is 17.7 Å². The summed E-state index contributed by atoms with van der Waals surface area (Å²) in [5.74, 6) is 2.68. The van der Waals surface area contributed by atoms with Crippen molar-refractivity contribution in [2.24, 2.45) is 5.92 Å². The van der Waals surface area contributed by atoms with Crippen molar-refractivity contribution in [2.75, 3.05) is 13.0 Å². The highest BCUT2D eigenvalue weighted by atomic mass is 35.5. The molecular formula is C13H19ClO. The molecule has 1 aromatic rings. The SMILES string of the molecule is COc1cccc(C(CCl)CC(C)C)c1. The molecule has 0 aromatic heterocycles. The van der Waals surface area contributed by atoms with Gasteiger partial charge in [0.15, 0.2) is 0 Å². The molecule has 0 N–H and O–H groups in total. The van der Waals surface area contributed by atoms with Gasteiger partial charge >= 0.3 is 0 Å². The standard InChI is InChI=1S/C13H19ClO/c1-10(2)7-12(9-14)11-5-4-6-13(8-11)15-3/h4-6,8,10,12H,7,9H2,1-3H3. The van der Waals surface area contributed by atoms with Crippen LogP contribution in [0.15, 0.2) is 24.3 Å². The molecule has 1 aromatic carbocycles. The van der Waals surface area contributed by atoms with Gasteiger partial charge in [-0.05, 0) is 36.0 Å². The van der Waals surface area contributed by atoms with Gasteiger partial charge in [0.2, 0.25) is 0 Å². The lowest BCUT2D eigenvalue weighted by Crippen LogP contribution is -2.04. The first-order chi connectivity index (χ1) is 7.17. The van der Waals surface area contributed by atoms with Crippen LogP contribution in [0.2, 0.25) is 0 Å². The molecule has 0 bridgehead atoms. The number of methoxy groups -OCH3 is 1. The highest BCUT2D eigenvalue weighted by Gasteiger charge is 2.12. The Morgan fingerprint density at radius 2 is 2.07 bits per heavy atom. The van der Waals surface area contributed by atoms with E-state index in [2.05, 4.69) is 26.0 Å². The van der Waals surface area contributed by atoms with Crippen molar-refractivity contribution >= 4 is 11.6 Å². The molecule has 0 aliphatic carbocycles. The minimum absolute atomic E-state index is 0.432. The summed E-state index contributed by atoms with van der Waals surface area (Å²) in [7, 11) is 1.69. The minimum atomic E-state index is 0.432. The Balaban J connectivity index is 2.81. The monoisotopic (exact) mass is 226 g/mol. The highest BCUT2D eigenvalue weighted by molar-refractivity contribution is 6.18. The van der Waals surface area contributed by atoms with E-state index in [1.54, 1.807) is 7.11 Å². The summed E-state index contributed by atoms with van der Waals surface area (Å²) in [6.07, 6.45) is 1.12. The van der Waals surface area contributed by atoms with Crippen LogP contribution in [-0.4, -0.2) is 13.0 Å². The van der Waals surface area contributed by atoms with Crippen LogP contribution in [0.3, 0.4) is 0 Å². The third-order valence-corrected chi connectivity index (χ3v) is 2.88. The van der Waals surface area contributed by atoms with Gasteiger partial charge in [-0.15, -0.1) is 11.6 Å². The first-order valence-electron chi connectivity index (χ1n) is 5.37. The molecule has 2 heteroatoms. The average molecular weight is 227 g/mol. The molecule has 0 aliphatic heterocycles. The second-order valence-electron chi connectivity index (χ2n) is 4.26. The molecule has 0 fully saturated rings. The van der Waals surface area contributed by atoms with Gasteiger partial charge in [0.1, 0.15) is 5.75 Å². The van der Waals surface area contributed by atoms with Gasteiger partial charge in [-0.25, -0.2) is 0 Å². The van der Waals surface area contributed by atoms with Crippen molar-refractivity contribution in [1.82, 2.24) is 0 Å². The molecule has 0 saturated carbocycles. The Morgan fingerprint density at radius 3 is 2.60 bits per heavy atom. The number of ether oxygens (including phenoxy) is 1. The lowest BCUT2D eigenvalue weighted by molar-refractivity contribution is 0.413. The molecule has 1 unspecified atom stereocenters. The number of alkyl halides is 1. The molecule has 84 valence electrons. The predicted octanol–water partition coefficient (Wildman–Crippen LogP) is 4.06. The zero-order valence-corrected chi connectivity index (χ0v) is 10.4. The summed E-state index contributed by atoms with van der Waals surface area (Å²) in [5.41, 5.74) is 1.28. The lowest BCUT2D eigenvalue weighted by atomic mass is 9.92. The predicted molar refractivity (Wildman–Crippen MR) is 65.9 cm³/mol. The maximum absolute atomic E-state index is 6.00. The van der Waals surface area contributed by atoms with E-state index >= 15 is 0 Å². The van der Waals surface area contributed by atoms with Gasteiger partial charge in [0.05, 0.1) is 7.11 Å². The average Bonchev–Trinajstić information content (AvgIpc) is 2.25. The first kappa shape index (κ1) is 12.4. The number of halogens is 1. The molecule has 1 atom stereocenters. The van der Waals surface area contributed by atoms with Gasteiger partial charge in [0, 0.05) is 5.88 Å². The molecular weight excluding hydrogens is 208 g/mol. The largest absolute Gasteiger partial charge is 0.497 e. The smallest absolute Gasteiger partial charge is 0.119 e. The van der Waals surface area contributed by atoms with E-state index in [4.69, 9.17) is 16.3 Å². The van der Waals surface area contributed by atoms with E-state index in [0.717, 1.165) is 12.2 Å². The van der Waals surface area contributed by atoms with Crippen molar-refractivity contribution in [3.8, 4) is 5.75 Å². The Morgan fingerprint density at radius 1 is 1.33 bits per heavy atom. The summed E-state index contributed by atoms with van der Waals surface area (Å²) in [6, 6.07) is 8.19. The summed E-state index contributed by atoms with van der Waals surface area (Å²) in [4.78, 5) is 0. The first-order valence-corrected chi connectivity index (χ1v) is 5.90. The topological polar surface area (TPSA) is 9.23 Å². The Labute approximate surface area is 97.4 Å². The van der Waals surface area contributed by atoms with Gasteiger partial charge in [-0.1, -0.05) is 26.0 Å². The molecule has 0 heterocycles. The van der Waals surface area contributed by atoms with Crippen molar-refractivity contribution in [3.05, 3.63) is 29.8 Å². The Hall–Kier alpha value is -0.690. The van der Waals surface area contributed by atoms with Crippen LogP contribution >= 0.6 is 11.6 Å². The number of hydrogen-bond acceptors (Lipinski definition) is 1. The Kier molecular flexibility index (Phi) is 4.97. The van der Waals surface area contributed by atoms with Crippen molar-refractivity contribution in [3.63, 3.8) is 0 Å².